The lowest BCUT2D eigenvalue weighted by atomic mass is 10.0. The van der Waals surface area contributed by atoms with Crippen molar-refractivity contribution in [3.63, 3.8) is 0 Å². The Labute approximate surface area is 112 Å². The smallest absolute Gasteiger partial charge is 0.250 e. The molecule has 6 heteroatoms. The number of rotatable bonds is 5. The van der Waals surface area contributed by atoms with Gasteiger partial charge in [-0.2, -0.15) is 0 Å². The zero-order valence-electron chi connectivity index (χ0n) is 11.3. The Hall–Kier alpha value is -1.01. The fourth-order valence-corrected chi connectivity index (χ4v) is 2.21. The maximum absolute atomic E-state index is 12.3. The summed E-state index contributed by atoms with van der Waals surface area (Å²) in [5.74, 6) is 0.479. The van der Waals surface area contributed by atoms with E-state index in [1.165, 1.54) is 0 Å². The van der Waals surface area contributed by atoms with Crippen LogP contribution in [0.15, 0.2) is 11.6 Å². The van der Waals surface area contributed by atoms with Crippen LogP contribution in [-0.2, 0) is 9.59 Å². The Morgan fingerprint density at radius 3 is 2.44 bits per heavy atom. The lowest BCUT2D eigenvalue weighted by Gasteiger charge is -2.26. The van der Waals surface area contributed by atoms with Crippen molar-refractivity contribution in [3.8, 4) is 0 Å². The molecule has 2 amide bonds. The lowest BCUT2D eigenvalue weighted by molar-refractivity contribution is -0.135. The van der Waals surface area contributed by atoms with Crippen LogP contribution in [0.5, 0.6) is 0 Å². The van der Waals surface area contributed by atoms with Crippen LogP contribution < -0.4 is 10.6 Å². The second-order valence-corrected chi connectivity index (χ2v) is 5.49. The summed E-state index contributed by atoms with van der Waals surface area (Å²) in [6.45, 7) is 5.63. The molecule has 0 radical (unpaired) electrons. The Morgan fingerprint density at radius 1 is 1.33 bits per heavy atom. The molecule has 0 bridgehead atoms. The number of hydrogen-bond donors (Lipinski definition) is 2. The number of carbonyl (C=O) groups excluding carboxylic acids is 2. The Balaban J connectivity index is 2.67. The molecule has 5 nitrogen and oxygen atoms in total. The van der Waals surface area contributed by atoms with E-state index in [0.717, 1.165) is 0 Å². The van der Waals surface area contributed by atoms with Crippen molar-refractivity contribution in [3.05, 3.63) is 11.6 Å². The number of nitrogens with zero attached hydrogens (tertiary/aromatic N) is 1. The van der Waals surface area contributed by atoms with E-state index in [1.54, 1.807) is 36.8 Å². The topological polar surface area (TPSA) is 61.4 Å². The zero-order valence-corrected chi connectivity index (χ0v) is 12.1. The summed E-state index contributed by atoms with van der Waals surface area (Å²) in [7, 11) is 1.72. The van der Waals surface area contributed by atoms with Gasteiger partial charge in [0.1, 0.15) is 6.04 Å². The monoisotopic (exact) mass is 271 g/mol. The molecule has 0 saturated carbocycles. The highest BCUT2D eigenvalue weighted by Gasteiger charge is 2.29. The van der Waals surface area contributed by atoms with Crippen LogP contribution in [-0.4, -0.2) is 41.7 Å². The highest BCUT2D eigenvalue weighted by atomic mass is 32.2. The van der Waals surface area contributed by atoms with E-state index >= 15 is 0 Å². The Morgan fingerprint density at radius 2 is 2.00 bits per heavy atom. The predicted molar refractivity (Wildman–Crippen MR) is 73.7 cm³/mol. The Kier molecular flexibility index (Phi) is 5.68. The predicted octanol–water partition coefficient (Wildman–Crippen LogP) is 0.739. The van der Waals surface area contributed by atoms with Crippen molar-refractivity contribution < 1.29 is 9.59 Å². The minimum Gasteiger partial charge on any atom is -0.343 e. The van der Waals surface area contributed by atoms with Crippen LogP contribution in [0.1, 0.15) is 20.8 Å². The van der Waals surface area contributed by atoms with Crippen LogP contribution in [0, 0.1) is 5.92 Å². The van der Waals surface area contributed by atoms with E-state index in [1.807, 2.05) is 19.3 Å². The number of thioether (sulfide) groups is 1. The highest BCUT2D eigenvalue weighted by molar-refractivity contribution is 8.02. The molecule has 0 aromatic carbocycles. The summed E-state index contributed by atoms with van der Waals surface area (Å²) >= 11 is 1.57. The zero-order chi connectivity index (χ0) is 13.7. The fraction of sp³-hybridized carbons (Fsp3) is 0.667. The number of carbonyl (C=O) groups is 2. The van der Waals surface area contributed by atoms with Gasteiger partial charge in [0.15, 0.2) is 0 Å². The second-order valence-electron chi connectivity index (χ2n) is 4.63. The Bertz CT molecular complexity index is 344. The molecule has 102 valence electrons. The van der Waals surface area contributed by atoms with Crippen molar-refractivity contribution >= 4 is 23.6 Å². The summed E-state index contributed by atoms with van der Waals surface area (Å²) in [5.41, 5.74) is 0. The number of hydrogen-bond acceptors (Lipinski definition) is 4. The molecule has 2 N–H and O–H groups in total. The second kappa shape index (κ2) is 6.80. The highest BCUT2D eigenvalue weighted by Crippen LogP contribution is 2.18. The minimum absolute atomic E-state index is 0.0529. The first-order valence-electron chi connectivity index (χ1n) is 6.03. The largest absolute Gasteiger partial charge is 0.343 e. The maximum Gasteiger partial charge on any atom is 0.250 e. The first-order chi connectivity index (χ1) is 8.47. The van der Waals surface area contributed by atoms with Gasteiger partial charge in [0.25, 0.3) is 0 Å². The van der Waals surface area contributed by atoms with Gasteiger partial charge < -0.3 is 15.5 Å². The molecule has 0 aliphatic carbocycles. The number of amides is 2. The third-order valence-corrected chi connectivity index (χ3v) is 3.63. The summed E-state index contributed by atoms with van der Waals surface area (Å²) in [4.78, 5) is 25.7. The average Bonchev–Trinajstić information content (AvgIpc) is 2.87. The van der Waals surface area contributed by atoms with Crippen molar-refractivity contribution in [1.29, 1.82) is 0 Å². The average molecular weight is 271 g/mol. The summed E-state index contributed by atoms with van der Waals surface area (Å²) in [5, 5.41) is 7.55. The molecular formula is C12H21N3O2S. The van der Waals surface area contributed by atoms with Gasteiger partial charge in [-0.3, -0.25) is 9.59 Å². The van der Waals surface area contributed by atoms with Crippen molar-refractivity contribution in [1.82, 2.24) is 15.5 Å². The first-order valence-corrected chi connectivity index (χ1v) is 7.08. The summed E-state index contributed by atoms with van der Waals surface area (Å²) < 4.78 is 0. The molecule has 2 unspecified atom stereocenters. The molecule has 1 heterocycles. The van der Waals surface area contributed by atoms with Crippen molar-refractivity contribution in [2.45, 2.75) is 32.9 Å². The molecular weight excluding hydrogens is 250 g/mol. The molecule has 0 saturated heterocycles. The van der Waals surface area contributed by atoms with Crippen molar-refractivity contribution in [2.75, 3.05) is 12.9 Å². The van der Waals surface area contributed by atoms with Gasteiger partial charge in [-0.25, -0.2) is 0 Å². The van der Waals surface area contributed by atoms with Crippen LogP contribution in [0.25, 0.3) is 0 Å². The maximum atomic E-state index is 12.3. The van der Waals surface area contributed by atoms with E-state index in [2.05, 4.69) is 10.6 Å². The van der Waals surface area contributed by atoms with E-state index in [4.69, 9.17) is 0 Å². The van der Waals surface area contributed by atoms with Gasteiger partial charge in [-0.1, -0.05) is 13.8 Å². The molecule has 1 aliphatic heterocycles. The minimum atomic E-state index is -0.475. The SMILES string of the molecule is CNC(C)C(=O)NC(C(=O)N1C=CSC1)C(C)C. The molecule has 18 heavy (non-hydrogen) atoms. The van der Waals surface area contributed by atoms with E-state index in [-0.39, 0.29) is 23.8 Å². The van der Waals surface area contributed by atoms with E-state index in [9.17, 15) is 9.59 Å². The first kappa shape index (κ1) is 15.0. The summed E-state index contributed by atoms with van der Waals surface area (Å²) in [6, 6.07) is -0.779. The molecule has 0 aromatic heterocycles. The van der Waals surface area contributed by atoms with Crippen molar-refractivity contribution in [2.24, 2.45) is 5.92 Å². The van der Waals surface area contributed by atoms with E-state index < -0.39 is 6.04 Å². The molecule has 1 rings (SSSR count). The molecule has 2 atom stereocenters. The third kappa shape index (κ3) is 3.74. The quantitative estimate of drug-likeness (QED) is 0.774. The molecule has 1 aliphatic rings. The standard InChI is InChI=1S/C12H21N3O2S/c1-8(2)10(14-11(16)9(3)13-4)12(17)15-5-6-18-7-15/h5-6,8-10,13H,7H2,1-4H3,(H,14,16). The summed E-state index contributed by atoms with van der Waals surface area (Å²) in [6.07, 6.45) is 1.76. The van der Waals surface area contributed by atoms with Gasteiger partial charge in [-0.15, -0.1) is 11.8 Å². The van der Waals surface area contributed by atoms with Gasteiger partial charge >= 0.3 is 0 Å². The third-order valence-electron chi connectivity index (χ3n) is 2.89. The normalized spacial score (nSPS) is 17.9. The van der Waals surface area contributed by atoms with Gasteiger partial charge in [-0.05, 0) is 25.3 Å². The van der Waals surface area contributed by atoms with Gasteiger partial charge in [0.05, 0.1) is 11.9 Å². The number of likely N-dealkylation sites (N-methyl/N-ethyl adjacent to an activating group) is 1. The van der Waals surface area contributed by atoms with E-state index in [0.29, 0.717) is 5.88 Å². The van der Waals surface area contributed by atoms with Crippen LogP contribution in [0.4, 0.5) is 0 Å². The molecule has 0 aromatic rings. The van der Waals surface area contributed by atoms with Crippen LogP contribution >= 0.6 is 11.8 Å². The fourth-order valence-electron chi connectivity index (χ4n) is 1.52. The molecule has 0 fully saturated rings. The van der Waals surface area contributed by atoms with Gasteiger partial charge in [0, 0.05) is 6.20 Å². The van der Waals surface area contributed by atoms with Crippen LogP contribution in [0.3, 0.4) is 0 Å². The van der Waals surface area contributed by atoms with Crippen LogP contribution in [0.2, 0.25) is 0 Å². The molecule has 0 spiro atoms. The van der Waals surface area contributed by atoms with Gasteiger partial charge in [0.2, 0.25) is 11.8 Å². The lowest BCUT2D eigenvalue weighted by Crippen LogP contribution is -2.53. The number of nitrogens with one attached hydrogen (secondary N) is 2.